The van der Waals surface area contributed by atoms with Crippen molar-refractivity contribution in [1.29, 1.82) is 0 Å². The molecular formula is C20H26F3N3O3S. The van der Waals surface area contributed by atoms with E-state index in [1.54, 1.807) is 0 Å². The number of aliphatic carboxylic acids is 1. The average molecular weight is 446 g/mol. The molecule has 0 unspecified atom stereocenters. The summed E-state index contributed by atoms with van der Waals surface area (Å²) >= 11 is 1.91. The highest BCUT2D eigenvalue weighted by molar-refractivity contribution is 7.11. The molecule has 10 heteroatoms. The van der Waals surface area contributed by atoms with Crippen LogP contribution in [0.4, 0.5) is 13.2 Å². The molecule has 0 amide bonds. The summed E-state index contributed by atoms with van der Waals surface area (Å²) in [5.41, 5.74) is 3.96. The lowest BCUT2D eigenvalue weighted by Gasteiger charge is -2.27. The molecule has 1 saturated carbocycles. The molecule has 6 nitrogen and oxygen atoms in total. The highest BCUT2D eigenvalue weighted by Gasteiger charge is 2.38. The van der Waals surface area contributed by atoms with Gasteiger partial charge in [0.25, 0.3) is 0 Å². The second-order valence-electron chi connectivity index (χ2n) is 7.73. The average Bonchev–Trinajstić information content (AvgIpc) is 3.32. The van der Waals surface area contributed by atoms with Gasteiger partial charge in [0.15, 0.2) is 0 Å². The lowest BCUT2D eigenvalue weighted by Crippen LogP contribution is -2.30. The van der Waals surface area contributed by atoms with E-state index in [0.29, 0.717) is 6.61 Å². The lowest BCUT2D eigenvalue weighted by molar-refractivity contribution is -0.192. The summed E-state index contributed by atoms with van der Waals surface area (Å²) in [5.74, 6) is -1.94. The van der Waals surface area contributed by atoms with E-state index >= 15 is 0 Å². The maximum Gasteiger partial charge on any atom is 0.490 e. The smallest absolute Gasteiger partial charge is 0.475 e. The molecule has 0 radical (unpaired) electrons. The molecule has 166 valence electrons. The van der Waals surface area contributed by atoms with Crippen LogP contribution in [0.1, 0.15) is 39.5 Å². The topological polar surface area (TPSA) is 67.6 Å². The molecule has 0 aromatic carbocycles. The number of fused-ring (bicyclic) bond motifs is 1. The molecule has 2 aliphatic rings. The minimum Gasteiger partial charge on any atom is -0.475 e. The zero-order chi connectivity index (χ0) is 21.9. The van der Waals surface area contributed by atoms with Crippen LogP contribution in [0.25, 0.3) is 0 Å². The van der Waals surface area contributed by atoms with Crippen molar-refractivity contribution < 1.29 is 27.8 Å². The van der Waals surface area contributed by atoms with E-state index in [2.05, 4.69) is 35.7 Å². The fourth-order valence-electron chi connectivity index (χ4n) is 3.36. The Morgan fingerprint density at radius 1 is 1.37 bits per heavy atom. The third-order valence-electron chi connectivity index (χ3n) is 5.12. The SMILES string of the molecule is Cc1ccc(CN2CCc3c(COCC4CC4)nn(C)c3C2)s1.O=C(O)C(F)(F)F. The van der Waals surface area contributed by atoms with Crippen LogP contribution in [0.15, 0.2) is 12.1 Å². The van der Waals surface area contributed by atoms with Crippen LogP contribution in [0, 0.1) is 12.8 Å². The third-order valence-corrected chi connectivity index (χ3v) is 6.10. The molecule has 0 atom stereocenters. The number of carboxylic acid groups (broad SMARTS) is 1. The normalized spacial score (nSPS) is 16.7. The molecule has 3 heterocycles. The zero-order valence-electron chi connectivity index (χ0n) is 17.0. The summed E-state index contributed by atoms with van der Waals surface area (Å²) < 4.78 is 39.7. The first kappa shape index (κ1) is 22.8. The van der Waals surface area contributed by atoms with Gasteiger partial charge in [0.1, 0.15) is 0 Å². The number of aromatic nitrogens is 2. The molecule has 1 aliphatic heterocycles. The quantitative estimate of drug-likeness (QED) is 0.730. The predicted molar refractivity (Wildman–Crippen MR) is 106 cm³/mol. The van der Waals surface area contributed by atoms with Gasteiger partial charge in [-0.05, 0) is 44.2 Å². The Balaban J connectivity index is 0.000000318. The van der Waals surface area contributed by atoms with Gasteiger partial charge in [0, 0.05) is 48.6 Å². The van der Waals surface area contributed by atoms with E-state index < -0.39 is 12.1 Å². The Hall–Kier alpha value is -1.91. The van der Waals surface area contributed by atoms with Gasteiger partial charge in [-0.3, -0.25) is 9.58 Å². The number of ether oxygens (including phenoxy) is 1. The predicted octanol–water partition coefficient (Wildman–Crippen LogP) is 3.91. The van der Waals surface area contributed by atoms with E-state index in [4.69, 9.17) is 19.7 Å². The van der Waals surface area contributed by atoms with Gasteiger partial charge in [-0.25, -0.2) is 4.79 Å². The summed E-state index contributed by atoms with van der Waals surface area (Å²) in [5, 5.41) is 11.8. The van der Waals surface area contributed by atoms with Crippen LogP contribution in [-0.4, -0.2) is 45.1 Å². The number of aryl methyl sites for hydroxylation is 2. The molecule has 0 saturated heterocycles. The molecule has 4 rings (SSSR count). The van der Waals surface area contributed by atoms with E-state index in [-0.39, 0.29) is 0 Å². The van der Waals surface area contributed by atoms with Gasteiger partial charge in [0.2, 0.25) is 0 Å². The molecule has 0 bridgehead atoms. The Bertz CT molecular complexity index is 875. The number of rotatable bonds is 6. The fourth-order valence-corrected chi connectivity index (χ4v) is 4.29. The Labute approximate surface area is 177 Å². The molecular weight excluding hydrogens is 419 g/mol. The summed E-state index contributed by atoms with van der Waals surface area (Å²) in [6.07, 6.45) is -1.30. The Morgan fingerprint density at radius 3 is 2.63 bits per heavy atom. The van der Waals surface area contributed by atoms with E-state index in [1.807, 2.05) is 11.3 Å². The second kappa shape index (κ2) is 9.49. The van der Waals surface area contributed by atoms with Crippen LogP contribution in [0.2, 0.25) is 0 Å². The van der Waals surface area contributed by atoms with Crippen molar-refractivity contribution >= 4 is 17.3 Å². The third kappa shape index (κ3) is 6.29. The van der Waals surface area contributed by atoms with Crippen LogP contribution in [-0.2, 0) is 42.7 Å². The van der Waals surface area contributed by atoms with Gasteiger partial charge in [-0.1, -0.05) is 0 Å². The largest absolute Gasteiger partial charge is 0.490 e. The van der Waals surface area contributed by atoms with Gasteiger partial charge in [0.05, 0.1) is 18.0 Å². The highest BCUT2D eigenvalue weighted by Crippen LogP contribution is 2.30. The number of carboxylic acids is 1. The van der Waals surface area contributed by atoms with E-state index in [9.17, 15) is 13.2 Å². The number of halogens is 3. The number of nitrogens with zero attached hydrogens (tertiary/aromatic N) is 3. The first-order valence-corrected chi connectivity index (χ1v) is 10.6. The Kier molecular flexibility index (Phi) is 7.20. The summed E-state index contributed by atoms with van der Waals surface area (Å²) in [7, 11) is 2.07. The van der Waals surface area contributed by atoms with Gasteiger partial charge in [-0.15, -0.1) is 11.3 Å². The van der Waals surface area contributed by atoms with Crippen molar-refractivity contribution in [3.05, 3.63) is 38.8 Å². The van der Waals surface area contributed by atoms with Crippen molar-refractivity contribution in [3.63, 3.8) is 0 Å². The highest BCUT2D eigenvalue weighted by atomic mass is 32.1. The van der Waals surface area contributed by atoms with Crippen molar-refractivity contribution in [2.75, 3.05) is 13.2 Å². The molecule has 0 spiro atoms. The minimum absolute atomic E-state index is 0.684. The number of carbonyl (C=O) groups is 1. The zero-order valence-corrected chi connectivity index (χ0v) is 17.9. The van der Waals surface area contributed by atoms with E-state index in [0.717, 1.165) is 44.3 Å². The Morgan fingerprint density at radius 2 is 2.07 bits per heavy atom. The lowest BCUT2D eigenvalue weighted by atomic mass is 10.0. The van der Waals surface area contributed by atoms with E-state index in [1.165, 1.54) is 33.9 Å². The standard InChI is InChI=1S/C18H25N3OS.C2HF3O2/c1-13-3-6-15(23-13)9-21-8-7-16-17(12-22-11-14-4-5-14)19-20(2)18(16)10-21;3-2(4,5)1(6)7/h3,6,14H,4-5,7-12H2,1-2H3;(H,6,7). The molecule has 1 aliphatic carbocycles. The van der Waals surface area contributed by atoms with Gasteiger partial charge < -0.3 is 9.84 Å². The summed E-state index contributed by atoms with van der Waals surface area (Å²) in [6, 6.07) is 4.48. The maximum absolute atomic E-state index is 10.6. The molecule has 1 fully saturated rings. The van der Waals surface area contributed by atoms with Gasteiger partial charge in [-0.2, -0.15) is 18.3 Å². The van der Waals surface area contributed by atoms with Crippen LogP contribution >= 0.6 is 11.3 Å². The van der Waals surface area contributed by atoms with Crippen molar-refractivity contribution in [1.82, 2.24) is 14.7 Å². The van der Waals surface area contributed by atoms with Crippen molar-refractivity contribution in [2.24, 2.45) is 13.0 Å². The first-order chi connectivity index (χ1) is 14.1. The second-order valence-corrected chi connectivity index (χ2v) is 9.10. The molecule has 2 aromatic heterocycles. The van der Waals surface area contributed by atoms with Crippen LogP contribution in [0.3, 0.4) is 0 Å². The number of hydrogen-bond donors (Lipinski definition) is 1. The van der Waals surface area contributed by atoms with Crippen molar-refractivity contribution in [2.45, 2.75) is 52.1 Å². The van der Waals surface area contributed by atoms with Crippen LogP contribution < -0.4 is 0 Å². The van der Waals surface area contributed by atoms with Crippen molar-refractivity contribution in [3.8, 4) is 0 Å². The number of thiophene rings is 1. The minimum atomic E-state index is -5.08. The molecule has 1 N–H and O–H groups in total. The number of hydrogen-bond acceptors (Lipinski definition) is 5. The summed E-state index contributed by atoms with van der Waals surface area (Å²) in [4.78, 5) is 14.3. The maximum atomic E-state index is 10.6. The molecule has 30 heavy (non-hydrogen) atoms. The molecule has 2 aromatic rings. The monoisotopic (exact) mass is 445 g/mol. The van der Waals surface area contributed by atoms with Crippen LogP contribution in [0.5, 0.6) is 0 Å². The fraction of sp³-hybridized carbons (Fsp3) is 0.600. The summed E-state index contributed by atoms with van der Waals surface area (Å²) in [6.45, 7) is 6.94. The number of alkyl halides is 3. The first-order valence-electron chi connectivity index (χ1n) is 9.82. The van der Waals surface area contributed by atoms with Gasteiger partial charge >= 0.3 is 12.1 Å².